The summed E-state index contributed by atoms with van der Waals surface area (Å²) < 4.78 is 32.1. The van der Waals surface area contributed by atoms with Gasteiger partial charge in [-0.2, -0.15) is 0 Å². The van der Waals surface area contributed by atoms with Crippen molar-refractivity contribution in [3.05, 3.63) is 58.6 Å². The summed E-state index contributed by atoms with van der Waals surface area (Å²) in [5, 5.41) is 11.2. The number of benzene rings is 2. The molecule has 0 unspecified atom stereocenters. The van der Waals surface area contributed by atoms with Gasteiger partial charge in [0.15, 0.2) is 4.90 Å². The molecule has 0 aliphatic rings. The van der Waals surface area contributed by atoms with Crippen LogP contribution in [0.2, 0.25) is 0 Å². The van der Waals surface area contributed by atoms with Crippen LogP contribution in [0.1, 0.15) is 0 Å². The first kappa shape index (κ1) is 19.1. The zero-order valence-corrected chi connectivity index (χ0v) is 14.5. The molecule has 0 aliphatic heterocycles. The molecule has 0 saturated heterocycles. The number of nitrogens with one attached hydrogen (secondary N) is 1. The van der Waals surface area contributed by atoms with Gasteiger partial charge in [0.1, 0.15) is 12.3 Å². The van der Waals surface area contributed by atoms with Gasteiger partial charge >= 0.3 is 0 Å². The summed E-state index contributed by atoms with van der Waals surface area (Å²) in [6.45, 7) is -0.689. The van der Waals surface area contributed by atoms with Crippen LogP contribution < -0.4 is 20.3 Å². The van der Waals surface area contributed by atoms with E-state index in [4.69, 9.17) is 10.6 Å². The molecule has 0 aromatic heterocycles. The Hall–Kier alpha value is -3.18. The van der Waals surface area contributed by atoms with Crippen molar-refractivity contribution in [3.8, 4) is 5.75 Å². The smallest absolute Gasteiger partial charge is 0.289 e. The molecule has 0 saturated carbocycles. The maximum absolute atomic E-state index is 13.1. The molecule has 0 spiro atoms. The monoisotopic (exact) mass is 380 g/mol. The van der Waals surface area contributed by atoms with Crippen LogP contribution in [0.3, 0.4) is 0 Å². The molecule has 0 bridgehead atoms. The summed E-state index contributed by atoms with van der Waals surface area (Å²) in [4.78, 5) is 21.6. The number of nitrogens with two attached hydrogens (primary N) is 1. The molecular weight excluding hydrogens is 364 g/mol. The van der Waals surface area contributed by atoms with Gasteiger partial charge in [0, 0.05) is 6.07 Å². The van der Waals surface area contributed by atoms with E-state index in [2.05, 4.69) is 0 Å². The highest BCUT2D eigenvalue weighted by Crippen LogP contribution is 2.34. The molecule has 2 aromatic rings. The minimum Gasteiger partial charge on any atom is -0.495 e. The van der Waals surface area contributed by atoms with Crippen LogP contribution in [0, 0.1) is 10.1 Å². The van der Waals surface area contributed by atoms with Gasteiger partial charge in [-0.25, -0.2) is 14.3 Å². The van der Waals surface area contributed by atoms with Gasteiger partial charge < -0.3 is 4.74 Å². The van der Waals surface area contributed by atoms with E-state index in [1.54, 1.807) is 12.1 Å². The molecule has 1 amide bonds. The summed E-state index contributed by atoms with van der Waals surface area (Å²) in [5.41, 5.74) is 1.27. The molecular formula is C15H16N4O6S. The lowest BCUT2D eigenvalue weighted by atomic mass is 10.3. The Morgan fingerprint density at radius 1 is 1.23 bits per heavy atom. The Balaban J connectivity index is 2.69. The fourth-order valence-corrected chi connectivity index (χ4v) is 3.85. The Kier molecular flexibility index (Phi) is 5.75. The van der Waals surface area contributed by atoms with Crippen LogP contribution in [0.15, 0.2) is 53.4 Å². The number of sulfonamides is 1. The number of amides is 1. The Morgan fingerprint density at radius 2 is 1.85 bits per heavy atom. The summed E-state index contributed by atoms with van der Waals surface area (Å²) in [6.07, 6.45) is 0. The van der Waals surface area contributed by atoms with Crippen molar-refractivity contribution in [2.75, 3.05) is 18.0 Å². The van der Waals surface area contributed by atoms with Gasteiger partial charge in [-0.1, -0.05) is 24.3 Å². The second-order valence-electron chi connectivity index (χ2n) is 4.98. The first-order valence-corrected chi connectivity index (χ1v) is 8.65. The number of anilines is 1. The molecule has 2 aromatic carbocycles. The number of ether oxygens (including phenoxy) is 1. The molecule has 2 rings (SSSR count). The Labute approximate surface area is 149 Å². The second-order valence-corrected chi connectivity index (χ2v) is 6.81. The first-order valence-electron chi connectivity index (χ1n) is 7.21. The predicted octanol–water partition coefficient (Wildman–Crippen LogP) is 0.789. The van der Waals surface area contributed by atoms with E-state index in [9.17, 15) is 23.3 Å². The molecule has 26 heavy (non-hydrogen) atoms. The van der Waals surface area contributed by atoms with Crippen LogP contribution in [0.25, 0.3) is 0 Å². The number of hydrazine groups is 1. The van der Waals surface area contributed by atoms with E-state index in [1.807, 2.05) is 5.43 Å². The van der Waals surface area contributed by atoms with Gasteiger partial charge in [-0.15, -0.1) is 0 Å². The number of hydrogen-bond acceptors (Lipinski definition) is 7. The van der Waals surface area contributed by atoms with Crippen molar-refractivity contribution >= 4 is 27.3 Å². The third kappa shape index (κ3) is 3.73. The Morgan fingerprint density at radius 3 is 2.46 bits per heavy atom. The van der Waals surface area contributed by atoms with Crippen molar-refractivity contribution < 1.29 is 22.9 Å². The van der Waals surface area contributed by atoms with E-state index in [-0.39, 0.29) is 11.4 Å². The number of rotatable bonds is 7. The summed E-state index contributed by atoms with van der Waals surface area (Å²) in [7, 11) is -3.14. The van der Waals surface area contributed by atoms with Crippen LogP contribution in [0.4, 0.5) is 11.4 Å². The average Bonchev–Trinajstić information content (AvgIpc) is 2.65. The fourth-order valence-electron chi connectivity index (χ4n) is 2.26. The van der Waals surface area contributed by atoms with Crippen LogP contribution in [-0.2, 0) is 14.8 Å². The van der Waals surface area contributed by atoms with Crippen molar-refractivity contribution in [2.45, 2.75) is 4.90 Å². The van der Waals surface area contributed by atoms with Crippen LogP contribution >= 0.6 is 0 Å². The zero-order chi connectivity index (χ0) is 19.3. The third-order valence-electron chi connectivity index (χ3n) is 3.43. The number of nitro benzene ring substituents is 1. The number of nitrogens with zero attached hydrogens (tertiary/aromatic N) is 2. The maximum atomic E-state index is 13.1. The number of carbonyl (C=O) groups excluding carboxylic acids is 1. The standard InChI is InChI=1S/C15H16N4O6S/c1-25-13-8-4-2-6-11(13)18(10-15(20)17-16)26(23,24)14-9-5-3-7-12(14)19(21)22/h2-9H,10,16H2,1H3,(H,17,20). The number of carbonyl (C=O) groups is 1. The number of methoxy groups -OCH3 is 1. The van der Waals surface area contributed by atoms with E-state index >= 15 is 0 Å². The highest BCUT2D eigenvalue weighted by molar-refractivity contribution is 7.93. The van der Waals surface area contributed by atoms with Gasteiger partial charge in [-0.3, -0.25) is 24.6 Å². The van der Waals surface area contributed by atoms with E-state index < -0.39 is 38.0 Å². The molecule has 0 radical (unpaired) electrons. The van der Waals surface area contributed by atoms with Crippen LogP contribution in [-0.4, -0.2) is 32.9 Å². The van der Waals surface area contributed by atoms with E-state index in [0.29, 0.717) is 4.31 Å². The Bertz CT molecular complexity index is 931. The molecule has 0 heterocycles. The van der Waals surface area contributed by atoms with Gasteiger partial charge in [0.25, 0.3) is 21.6 Å². The minimum atomic E-state index is -4.47. The molecule has 3 N–H and O–H groups in total. The van der Waals surface area contributed by atoms with Crippen LogP contribution in [0.5, 0.6) is 5.75 Å². The molecule has 0 aliphatic carbocycles. The second kappa shape index (κ2) is 7.80. The lowest BCUT2D eigenvalue weighted by Gasteiger charge is -2.25. The van der Waals surface area contributed by atoms with Crippen molar-refractivity contribution in [1.82, 2.24) is 5.43 Å². The zero-order valence-electron chi connectivity index (χ0n) is 13.7. The predicted molar refractivity (Wildman–Crippen MR) is 93.0 cm³/mol. The first-order chi connectivity index (χ1) is 12.3. The average molecular weight is 380 g/mol. The molecule has 0 fully saturated rings. The normalized spacial score (nSPS) is 10.8. The SMILES string of the molecule is COc1ccccc1N(CC(=O)NN)S(=O)(=O)c1ccccc1[N+](=O)[O-]. The summed E-state index contributed by atoms with van der Waals surface area (Å²) in [5.74, 6) is 4.43. The van der Waals surface area contributed by atoms with E-state index in [0.717, 1.165) is 12.1 Å². The fraction of sp³-hybridized carbons (Fsp3) is 0.133. The molecule has 0 atom stereocenters. The number of para-hydroxylation sites is 3. The summed E-state index contributed by atoms with van der Waals surface area (Å²) in [6, 6.07) is 10.9. The van der Waals surface area contributed by atoms with Crippen molar-refractivity contribution in [2.24, 2.45) is 5.84 Å². The quantitative estimate of drug-likeness (QED) is 0.312. The minimum absolute atomic E-state index is 0.0387. The lowest BCUT2D eigenvalue weighted by molar-refractivity contribution is -0.387. The van der Waals surface area contributed by atoms with Gasteiger partial charge in [0.2, 0.25) is 0 Å². The largest absolute Gasteiger partial charge is 0.495 e. The van der Waals surface area contributed by atoms with Gasteiger partial charge in [-0.05, 0) is 18.2 Å². The number of hydrogen-bond donors (Lipinski definition) is 2. The van der Waals surface area contributed by atoms with Crippen molar-refractivity contribution in [3.63, 3.8) is 0 Å². The van der Waals surface area contributed by atoms with Crippen molar-refractivity contribution in [1.29, 1.82) is 0 Å². The lowest BCUT2D eigenvalue weighted by Crippen LogP contribution is -2.43. The maximum Gasteiger partial charge on any atom is 0.289 e. The van der Waals surface area contributed by atoms with E-state index in [1.165, 1.54) is 31.4 Å². The van der Waals surface area contributed by atoms with Gasteiger partial charge in [0.05, 0.1) is 17.7 Å². The number of nitro groups is 1. The molecule has 138 valence electrons. The summed E-state index contributed by atoms with van der Waals surface area (Å²) >= 11 is 0. The molecule has 11 heteroatoms. The highest BCUT2D eigenvalue weighted by Gasteiger charge is 2.34. The third-order valence-corrected chi connectivity index (χ3v) is 5.24. The topological polar surface area (TPSA) is 145 Å². The highest BCUT2D eigenvalue weighted by atomic mass is 32.2. The molecule has 10 nitrogen and oxygen atoms in total.